The predicted octanol–water partition coefficient (Wildman–Crippen LogP) is 4.59. The molecule has 0 fully saturated rings. The molecule has 1 N–H and O–H groups in total. The van der Waals surface area contributed by atoms with E-state index in [1.807, 2.05) is 25.1 Å². The van der Waals surface area contributed by atoms with Crippen LogP contribution in [0.4, 0.5) is 0 Å². The van der Waals surface area contributed by atoms with E-state index in [0.717, 1.165) is 43.1 Å². The van der Waals surface area contributed by atoms with Crippen LogP contribution in [0.3, 0.4) is 0 Å². The van der Waals surface area contributed by atoms with E-state index >= 15 is 0 Å². The average molecular weight is 451 g/mol. The van der Waals surface area contributed by atoms with Crippen molar-refractivity contribution in [2.75, 3.05) is 0 Å². The number of carbonyl (C=O) groups excluding carboxylic acids is 1. The van der Waals surface area contributed by atoms with Gasteiger partial charge in [-0.15, -0.1) is 10.2 Å². The summed E-state index contributed by atoms with van der Waals surface area (Å²) in [5.41, 5.74) is 1.67. The van der Waals surface area contributed by atoms with Crippen LogP contribution in [0, 0.1) is 0 Å². The summed E-state index contributed by atoms with van der Waals surface area (Å²) in [5, 5.41) is 16.8. The Balaban J connectivity index is 1.44. The summed E-state index contributed by atoms with van der Waals surface area (Å²) in [7, 11) is 0. The first-order chi connectivity index (χ1) is 15.6. The van der Waals surface area contributed by atoms with Crippen LogP contribution in [0.2, 0.25) is 5.02 Å². The van der Waals surface area contributed by atoms with Crippen molar-refractivity contribution in [2.45, 2.75) is 45.2 Å². The zero-order valence-corrected chi connectivity index (χ0v) is 18.4. The molecule has 164 valence electrons. The van der Waals surface area contributed by atoms with E-state index in [1.165, 1.54) is 6.42 Å². The zero-order chi connectivity index (χ0) is 22.1. The molecule has 4 aromatic rings. The van der Waals surface area contributed by atoms with Gasteiger partial charge in [-0.05, 0) is 50.1 Å². The van der Waals surface area contributed by atoms with Gasteiger partial charge in [0.15, 0.2) is 17.3 Å². The lowest BCUT2D eigenvalue weighted by molar-refractivity contribution is 0.0932. The Hall–Kier alpha value is -3.39. The molecule has 0 aliphatic carbocycles. The predicted molar refractivity (Wildman–Crippen MR) is 120 cm³/mol. The molecule has 0 spiro atoms. The second-order valence-electron chi connectivity index (χ2n) is 7.92. The molecule has 1 unspecified atom stereocenters. The number of rotatable bonds is 5. The Kier molecular flexibility index (Phi) is 5.53. The van der Waals surface area contributed by atoms with Crippen LogP contribution >= 0.6 is 11.6 Å². The number of fused-ring (bicyclic) bond motifs is 1. The number of amides is 1. The minimum absolute atomic E-state index is 0.277. The average Bonchev–Trinajstić information content (AvgIpc) is 3.51. The van der Waals surface area contributed by atoms with Crippen LogP contribution in [0.5, 0.6) is 0 Å². The van der Waals surface area contributed by atoms with Crippen molar-refractivity contribution in [3.05, 3.63) is 71.1 Å². The Morgan fingerprint density at radius 3 is 2.88 bits per heavy atom. The highest BCUT2D eigenvalue weighted by molar-refractivity contribution is 6.30. The van der Waals surface area contributed by atoms with Crippen molar-refractivity contribution < 1.29 is 9.21 Å². The smallest absolute Gasteiger partial charge is 0.272 e. The van der Waals surface area contributed by atoms with Crippen LogP contribution in [0.1, 0.15) is 54.4 Å². The Bertz CT molecular complexity index is 1240. The first-order valence-corrected chi connectivity index (χ1v) is 11.1. The van der Waals surface area contributed by atoms with Crippen molar-refractivity contribution in [1.82, 2.24) is 29.9 Å². The van der Waals surface area contributed by atoms with Crippen molar-refractivity contribution in [1.29, 1.82) is 0 Å². The first kappa shape index (κ1) is 20.5. The second kappa shape index (κ2) is 8.63. The molecule has 1 atom stereocenters. The van der Waals surface area contributed by atoms with Crippen molar-refractivity contribution in [3.8, 4) is 17.1 Å². The first-order valence-electron chi connectivity index (χ1n) is 10.7. The number of carbonyl (C=O) groups is 1. The molecule has 5 rings (SSSR count). The minimum atomic E-state index is -0.301. The molecule has 32 heavy (non-hydrogen) atoms. The van der Waals surface area contributed by atoms with Gasteiger partial charge in [0.25, 0.3) is 5.91 Å². The number of benzene rings is 1. The number of hydrogen-bond acceptors (Lipinski definition) is 5. The fourth-order valence-corrected chi connectivity index (χ4v) is 4.24. The van der Waals surface area contributed by atoms with Gasteiger partial charge >= 0.3 is 0 Å². The third-order valence-electron chi connectivity index (χ3n) is 5.64. The molecule has 1 aliphatic rings. The number of aromatic nitrogens is 5. The van der Waals surface area contributed by atoms with Crippen LogP contribution in [0.25, 0.3) is 17.1 Å². The lowest BCUT2D eigenvalue weighted by Crippen LogP contribution is -2.29. The molecular formula is C23H23ClN6O2. The summed E-state index contributed by atoms with van der Waals surface area (Å²) in [6.07, 6.45) is 5.90. The molecule has 0 saturated carbocycles. The third kappa shape index (κ3) is 3.93. The van der Waals surface area contributed by atoms with Gasteiger partial charge in [-0.25, -0.2) is 4.68 Å². The Morgan fingerprint density at radius 2 is 2.06 bits per heavy atom. The van der Waals surface area contributed by atoms with E-state index in [2.05, 4.69) is 25.2 Å². The van der Waals surface area contributed by atoms with Gasteiger partial charge in [0.05, 0.1) is 18.0 Å². The standard InChI is InChI=1S/C23H23ClN6O2/c1-15(22-27-26-21-10-3-2-4-11-29(21)22)25-23(31)18-14-19(20-9-6-12-32-20)30(28-18)17-8-5-7-16(24)13-17/h5-9,12-15H,2-4,10-11H2,1H3,(H,25,31). The van der Waals surface area contributed by atoms with Crippen molar-refractivity contribution in [2.24, 2.45) is 0 Å². The molecule has 3 aromatic heterocycles. The molecule has 9 heteroatoms. The maximum atomic E-state index is 13.1. The molecule has 1 amide bonds. The van der Waals surface area contributed by atoms with Crippen molar-refractivity contribution >= 4 is 17.5 Å². The number of hydrogen-bond donors (Lipinski definition) is 1. The topological polar surface area (TPSA) is 90.8 Å². The Morgan fingerprint density at radius 1 is 1.16 bits per heavy atom. The van der Waals surface area contributed by atoms with Gasteiger partial charge in [0, 0.05) is 24.1 Å². The minimum Gasteiger partial charge on any atom is -0.463 e. The quantitative estimate of drug-likeness (QED) is 0.480. The van der Waals surface area contributed by atoms with Crippen LogP contribution in [-0.2, 0) is 13.0 Å². The van der Waals surface area contributed by atoms with E-state index in [1.54, 1.807) is 35.2 Å². The van der Waals surface area contributed by atoms with Gasteiger partial charge in [-0.2, -0.15) is 5.10 Å². The summed E-state index contributed by atoms with van der Waals surface area (Å²) in [6, 6.07) is 12.3. The van der Waals surface area contributed by atoms with Gasteiger partial charge in [-0.3, -0.25) is 4.79 Å². The summed E-state index contributed by atoms with van der Waals surface area (Å²) in [5.74, 6) is 2.07. The highest BCUT2D eigenvalue weighted by Gasteiger charge is 2.24. The molecule has 1 aliphatic heterocycles. The lowest BCUT2D eigenvalue weighted by atomic mass is 10.2. The highest BCUT2D eigenvalue weighted by atomic mass is 35.5. The van der Waals surface area contributed by atoms with Gasteiger partial charge in [0.1, 0.15) is 11.5 Å². The molecule has 4 heterocycles. The molecule has 0 saturated heterocycles. The normalized spacial score (nSPS) is 14.6. The summed E-state index contributed by atoms with van der Waals surface area (Å²) < 4.78 is 9.37. The van der Waals surface area contributed by atoms with Crippen LogP contribution in [0.15, 0.2) is 53.1 Å². The third-order valence-corrected chi connectivity index (χ3v) is 5.88. The molecule has 8 nitrogen and oxygen atoms in total. The van der Waals surface area contributed by atoms with Gasteiger partial charge < -0.3 is 14.3 Å². The van der Waals surface area contributed by atoms with Gasteiger partial charge in [0.2, 0.25) is 0 Å². The fourth-order valence-electron chi connectivity index (χ4n) is 4.06. The van der Waals surface area contributed by atoms with E-state index in [4.69, 9.17) is 16.0 Å². The summed E-state index contributed by atoms with van der Waals surface area (Å²) in [6.45, 7) is 2.80. The van der Waals surface area contributed by atoms with E-state index < -0.39 is 0 Å². The monoisotopic (exact) mass is 450 g/mol. The summed E-state index contributed by atoms with van der Waals surface area (Å²) in [4.78, 5) is 13.1. The molecular weight excluding hydrogens is 428 g/mol. The SMILES string of the molecule is CC(NC(=O)c1cc(-c2ccco2)n(-c2cccc(Cl)c2)n1)c1nnc2n1CCCCC2. The largest absolute Gasteiger partial charge is 0.463 e. The number of nitrogens with one attached hydrogen (secondary N) is 1. The number of aryl methyl sites for hydroxylation is 1. The van der Waals surface area contributed by atoms with Crippen molar-refractivity contribution in [3.63, 3.8) is 0 Å². The number of furan rings is 1. The maximum Gasteiger partial charge on any atom is 0.272 e. The van der Waals surface area contributed by atoms with E-state index in [-0.39, 0.29) is 17.6 Å². The lowest BCUT2D eigenvalue weighted by Gasteiger charge is -2.14. The van der Waals surface area contributed by atoms with Gasteiger partial charge in [-0.1, -0.05) is 24.1 Å². The van der Waals surface area contributed by atoms with Crippen LogP contribution < -0.4 is 5.32 Å². The maximum absolute atomic E-state index is 13.1. The van der Waals surface area contributed by atoms with E-state index in [9.17, 15) is 4.79 Å². The Labute approximate surface area is 190 Å². The second-order valence-corrected chi connectivity index (χ2v) is 8.35. The highest BCUT2D eigenvalue weighted by Crippen LogP contribution is 2.26. The molecule has 1 aromatic carbocycles. The summed E-state index contributed by atoms with van der Waals surface area (Å²) >= 11 is 6.18. The van der Waals surface area contributed by atoms with Crippen LogP contribution in [-0.4, -0.2) is 30.5 Å². The number of halogens is 1. The fraction of sp³-hybridized carbons (Fsp3) is 0.304. The molecule has 0 radical (unpaired) electrons. The zero-order valence-electron chi connectivity index (χ0n) is 17.7. The molecule has 0 bridgehead atoms. The van der Waals surface area contributed by atoms with E-state index in [0.29, 0.717) is 16.5 Å². The number of nitrogens with zero attached hydrogens (tertiary/aromatic N) is 5.